The van der Waals surface area contributed by atoms with Crippen molar-refractivity contribution >= 4 is 11.8 Å². The zero-order valence-electron chi connectivity index (χ0n) is 10.9. The number of hydrogen-bond donors (Lipinski definition) is 1. The van der Waals surface area contributed by atoms with E-state index in [-0.39, 0.29) is 0 Å². The zero-order valence-corrected chi connectivity index (χ0v) is 10.9. The number of carbonyl (C=O) groups excluding carboxylic acids is 1. The average Bonchev–Trinajstić information content (AvgIpc) is 2.67. The second-order valence-corrected chi connectivity index (χ2v) is 5.54. The predicted molar refractivity (Wildman–Crippen MR) is 65.8 cm³/mol. The molecule has 1 unspecified atom stereocenters. The first-order valence-corrected chi connectivity index (χ1v) is 5.78. The first-order valence-electron chi connectivity index (χ1n) is 5.78. The lowest BCUT2D eigenvalue weighted by atomic mass is 9.78. The average molecular weight is 248 g/mol. The first-order chi connectivity index (χ1) is 8.19. The maximum Gasteiger partial charge on any atom is 0.326 e. The summed E-state index contributed by atoms with van der Waals surface area (Å²) < 4.78 is 5.72. The van der Waals surface area contributed by atoms with Gasteiger partial charge >= 0.3 is 5.97 Å². The van der Waals surface area contributed by atoms with Crippen LogP contribution in [-0.4, -0.2) is 22.5 Å². The smallest absolute Gasteiger partial charge is 0.326 e. The molecule has 0 saturated carbocycles. The zero-order chi connectivity index (χ0) is 13.7. The number of hydrogen-bond acceptors (Lipinski definition) is 3. The Balaban J connectivity index is 2.54. The minimum absolute atomic E-state index is 0.395. The van der Waals surface area contributed by atoms with E-state index in [0.29, 0.717) is 16.9 Å². The summed E-state index contributed by atoms with van der Waals surface area (Å²) in [6, 6.07) is 0. The Morgan fingerprint density at radius 1 is 1.28 bits per heavy atom. The van der Waals surface area contributed by atoms with E-state index < -0.39 is 22.8 Å². The summed E-state index contributed by atoms with van der Waals surface area (Å²) in [5.74, 6) is -1.06. The summed E-state index contributed by atoms with van der Waals surface area (Å²) in [7, 11) is 0. The molecule has 0 fully saturated rings. The van der Waals surface area contributed by atoms with Crippen LogP contribution in [0.25, 0.3) is 0 Å². The molecule has 0 aromatic carbocycles. The minimum atomic E-state index is -1.55. The van der Waals surface area contributed by atoms with Crippen LogP contribution in [0.5, 0.6) is 0 Å². The van der Waals surface area contributed by atoms with Crippen LogP contribution in [0.15, 0.2) is 35.1 Å². The number of allylic oxidation sites excluding steroid dienone is 3. The Labute approximate surface area is 106 Å². The third kappa shape index (κ3) is 1.52. The van der Waals surface area contributed by atoms with Crippen molar-refractivity contribution in [2.75, 3.05) is 0 Å². The van der Waals surface area contributed by atoms with Gasteiger partial charge in [0.2, 0.25) is 0 Å². The van der Waals surface area contributed by atoms with E-state index in [4.69, 9.17) is 4.74 Å². The SMILES string of the molecule is CC(=O)C1(C(=O)O)C2=CC(OC(C)(C)C)=C1C=C2. The molecule has 0 aliphatic heterocycles. The lowest BCUT2D eigenvalue weighted by molar-refractivity contribution is -0.148. The number of carbonyl (C=O) groups is 2. The van der Waals surface area contributed by atoms with Gasteiger partial charge in [-0.15, -0.1) is 0 Å². The number of ketones is 1. The standard InChI is InChI=1S/C14H16O4/c1-8(15)14(12(16)17)9-5-6-10(14)11(7-9)18-13(2,3)4/h5-7H,1-4H3,(H,16,17). The molecule has 2 aliphatic carbocycles. The van der Waals surface area contributed by atoms with Crippen LogP contribution in [0, 0.1) is 5.41 Å². The number of fused-ring (bicyclic) bond motifs is 2. The van der Waals surface area contributed by atoms with Crippen molar-refractivity contribution in [3.8, 4) is 0 Å². The van der Waals surface area contributed by atoms with Crippen LogP contribution < -0.4 is 0 Å². The highest BCUT2D eigenvalue weighted by molar-refractivity contribution is 6.12. The minimum Gasteiger partial charge on any atom is -0.488 e. The van der Waals surface area contributed by atoms with Gasteiger partial charge in [-0.05, 0) is 39.3 Å². The van der Waals surface area contributed by atoms with E-state index >= 15 is 0 Å². The Kier molecular flexibility index (Phi) is 2.50. The van der Waals surface area contributed by atoms with Gasteiger partial charge in [0.1, 0.15) is 11.4 Å². The lowest BCUT2D eigenvalue weighted by Crippen LogP contribution is -2.37. The molecule has 2 aliphatic rings. The van der Waals surface area contributed by atoms with Crippen LogP contribution >= 0.6 is 0 Å². The second kappa shape index (κ2) is 3.57. The molecule has 1 atom stereocenters. The number of carboxylic acid groups (broad SMARTS) is 1. The van der Waals surface area contributed by atoms with Crippen molar-refractivity contribution in [3.05, 3.63) is 35.1 Å². The molecule has 0 radical (unpaired) electrons. The van der Waals surface area contributed by atoms with Crippen molar-refractivity contribution in [2.24, 2.45) is 5.41 Å². The summed E-state index contributed by atoms with van der Waals surface area (Å²) >= 11 is 0. The van der Waals surface area contributed by atoms with E-state index in [1.165, 1.54) is 6.92 Å². The fourth-order valence-electron chi connectivity index (χ4n) is 2.42. The highest BCUT2D eigenvalue weighted by Gasteiger charge is 2.56. The lowest BCUT2D eigenvalue weighted by Gasteiger charge is -2.24. The molecule has 2 rings (SSSR count). The van der Waals surface area contributed by atoms with Crippen LogP contribution in [0.4, 0.5) is 0 Å². The van der Waals surface area contributed by atoms with Gasteiger partial charge in [0.15, 0.2) is 11.2 Å². The molecular weight excluding hydrogens is 232 g/mol. The molecule has 0 saturated heterocycles. The van der Waals surface area contributed by atoms with E-state index in [9.17, 15) is 14.7 Å². The van der Waals surface area contributed by atoms with Gasteiger partial charge in [0.05, 0.1) is 0 Å². The largest absolute Gasteiger partial charge is 0.488 e. The first kappa shape index (κ1) is 12.6. The molecule has 0 spiro atoms. The van der Waals surface area contributed by atoms with Gasteiger partial charge in [-0.2, -0.15) is 0 Å². The van der Waals surface area contributed by atoms with Crippen molar-refractivity contribution < 1.29 is 19.4 Å². The van der Waals surface area contributed by atoms with Crippen LogP contribution in [0.1, 0.15) is 27.7 Å². The highest BCUT2D eigenvalue weighted by atomic mass is 16.5. The highest BCUT2D eigenvalue weighted by Crippen LogP contribution is 2.51. The molecule has 0 aromatic heterocycles. The fraction of sp³-hybridized carbons (Fsp3) is 0.429. The molecule has 18 heavy (non-hydrogen) atoms. The Bertz CT molecular complexity index is 512. The molecule has 96 valence electrons. The van der Waals surface area contributed by atoms with Crippen molar-refractivity contribution in [1.82, 2.24) is 0 Å². The third-order valence-corrected chi connectivity index (χ3v) is 3.08. The van der Waals surface area contributed by atoms with Crippen LogP contribution in [-0.2, 0) is 14.3 Å². The Morgan fingerprint density at radius 2 is 1.89 bits per heavy atom. The molecule has 1 N–H and O–H groups in total. The second-order valence-electron chi connectivity index (χ2n) is 5.54. The van der Waals surface area contributed by atoms with Crippen molar-refractivity contribution in [3.63, 3.8) is 0 Å². The molecule has 0 heterocycles. The molecule has 4 nitrogen and oxygen atoms in total. The van der Waals surface area contributed by atoms with E-state index in [0.717, 1.165) is 0 Å². The topological polar surface area (TPSA) is 63.6 Å². The molecule has 2 bridgehead atoms. The van der Waals surface area contributed by atoms with Gasteiger partial charge < -0.3 is 9.84 Å². The van der Waals surface area contributed by atoms with Gasteiger partial charge in [0.25, 0.3) is 0 Å². The molecule has 0 amide bonds. The molecule has 0 aromatic rings. The van der Waals surface area contributed by atoms with Crippen LogP contribution in [0.2, 0.25) is 0 Å². The fourth-order valence-corrected chi connectivity index (χ4v) is 2.42. The van der Waals surface area contributed by atoms with Crippen molar-refractivity contribution in [1.29, 1.82) is 0 Å². The monoisotopic (exact) mass is 248 g/mol. The Hall–Kier alpha value is -1.84. The number of Topliss-reactive ketones (excluding diaryl/α,β-unsaturated/α-hetero) is 1. The maximum atomic E-state index is 11.8. The summed E-state index contributed by atoms with van der Waals surface area (Å²) in [5.41, 5.74) is -1.07. The number of carboxylic acids is 1. The normalized spacial score (nSPS) is 25.4. The molecular formula is C14H16O4. The van der Waals surface area contributed by atoms with Crippen LogP contribution in [0.3, 0.4) is 0 Å². The van der Waals surface area contributed by atoms with Gasteiger partial charge in [-0.1, -0.05) is 12.2 Å². The predicted octanol–water partition coefficient (Wildman–Crippen LogP) is 2.23. The van der Waals surface area contributed by atoms with E-state index in [1.807, 2.05) is 20.8 Å². The van der Waals surface area contributed by atoms with Gasteiger partial charge in [-0.25, -0.2) is 0 Å². The van der Waals surface area contributed by atoms with E-state index in [2.05, 4.69) is 0 Å². The van der Waals surface area contributed by atoms with Gasteiger partial charge in [-0.3, -0.25) is 9.59 Å². The number of rotatable bonds is 3. The summed E-state index contributed by atoms with van der Waals surface area (Å²) in [6.07, 6.45) is 4.97. The number of ether oxygens (including phenoxy) is 1. The summed E-state index contributed by atoms with van der Waals surface area (Å²) in [6.45, 7) is 6.94. The maximum absolute atomic E-state index is 11.8. The quantitative estimate of drug-likeness (QED) is 0.778. The Morgan fingerprint density at radius 3 is 2.28 bits per heavy atom. The van der Waals surface area contributed by atoms with E-state index in [1.54, 1.807) is 18.2 Å². The van der Waals surface area contributed by atoms with Gasteiger partial charge in [0, 0.05) is 5.57 Å². The molecule has 4 heteroatoms. The third-order valence-electron chi connectivity index (χ3n) is 3.08. The summed E-state index contributed by atoms with van der Waals surface area (Å²) in [5, 5.41) is 9.44. The summed E-state index contributed by atoms with van der Waals surface area (Å²) in [4.78, 5) is 23.4. The number of aliphatic carboxylic acids is 1. The van der Waals surface area contributed by atoms with Crippen molar-refractivity contribution in [2.45, 2.75) is 33.3 Å².